The zero-order valence-electron chi connectivity index (χ0n) is 13.7. The second kappa shape index (κ2) is 7.84. The molecule has 2 aromatic rings. The molecule has 0 spiro atoms. The molecule has 0 N–H and O–H groups in total. The van der Waals surface area contributed by atoms with Crippen LogP contribution in [0.4, 0.5) is 19.3 Å². The van der Waals surface area contributed by atoms with Crippen LogP contribution < -0.4 is 4.90 Å². The van der Waals surface area contributed by atoms with Gasteiger partial charge < -0.3 is 0 Å². The van der Waals surface area contributed by atoms with E-state index in [1.165, 1.54) is 50.1 Å². The number of anilines is 1. The van der Waals surface area contributed by atoms with Gasteiger partial charge >= 0.3 is 6.03 Å². The number of hydrogen-bond donors (Lipinski definition) is 0. The Bertz CT molecular complexity index is 812. The van der Waals surface area contributed by atoms with E-state index < -0.39 is 29.1 Å². The molecule has 0 heterocycles. The van der Waals surface area contributed by atoms with Gasteiger partial charge in [-0.15, -0.1) is 11.8 Å². The SMILES string of the molecule is CSc1ccc(N(C)C(=O)N(C)C(=O)c2c(F)cccc2Cl)c(F)c1. The largest absolute Gasteiger partial charge is 0.331 e. The van der Waals surface area contributed by atoms with Crippen LogP contribution >= 0.6 is 23.4 Å². The first kappa shape index (κ1) is 19.2. The van der Waals surface area contributed by atoms with E-state index in [0.717, 1.165) is 11.0 Å². The molecule has 8 heteroatoms. The predicted molar refractivity (Wildman–Crippen MR) is 95.5 cm³/mol. The van der Waals surface area contributed by atoms with Crippen molar-refractivity contribution in [3.05, 3.63) is 58.6 Å². The van der Waals surface area contributed by atoms with E-state index in [1.54, 1.807) is 12.3 Å². The Labute approximate surface area is 153 Å². The average Bonchev–Trinajstić information content (AvgIpc) is 2.59. The van der Waals surface area contributed by atoms with Crippen molar-refractivity contribution in [3.63, 3.8) is 0 Å². The lowest BCUT2D eigenvalue weighted by Gasteiger charge is -2.24. The topological polar surface area (TPSA) is 40.6 Å². The third kappa shape index (κ3) is 3.93. The van der Waals surface area contributed by atoms with Gasteiger partial charge in [-0.2, -0.15) is 0 Å². The fourth-order valence-electron chi connectivity index (χ4n) is 2.17. The lowest BCUT2D eigenvalue weighted by Crippen LogP contribution is -2.43. The minimum absolute atomic E-state index is 0.00193. The molecule has 0 aromatic heterocycles. The normalized spacial score (nSPS) is 10.5. The van der Waals surface area contributed by atoms with E-state index in [0.29, 0.717) is 9.80 Å². The van der Waals surface area contributed by atoms with Crippen molar-refractivity contribution < 1.29 is 18.4 Å². The fourth-order valence-corrected chi connectivity index (χ4v) is 2.84. The maximum atomic E-state index is 14.2. The highest BCUT2D eigenvalue weighted by Crippen LogP contribution is 2.26. The van der Waals surface area contributed by atoms with Crippen molar-refractivity contribution in [2.24, 2.45) is 0 Å². The summed E-state index contributed by atoms with van der Waals surface area (Å²) in [5, 5.41) is -0.109. The van der Waals surface area contributed by atoms with Crippen LogP contribution in [0.25, 0.3) is 0 Å². The minimum atomic E-state index is -0.916. The monoisotopic (exact) mass is 384 g/mol. The first-order chi connectivity index (χ1) is 11.8. The Hall–Kier alpha value is -2.12. The number of urea groups is 1. The molecule has 0 bridgehead atoms. The molecule has 4 nitrogen and oxygen atoms in total. The summed E-state index contributed by atoms with van der Waals surface area (Å²) in [7, 11) is 2.50. The number of benzene rings is 2. The van der Waals surface area contributed by atoms with Gasteiger partial charge in [0.25, 0.3) is 5.91 Å². The van der Waals surface area contributed by atoms with Gasteiger partial charge in [0.15, 0.2) is 0 Å². The van der Waals surface area contributed by atoms with Crippen LogP contribution in [-0.2, 0) is 0 Å². The molecule has 2 rings (SSSR count). The van der Waals surface area contributed by atoms with Crippen LogP contribution in [0.1, 0.15) is 10.4 Å². The maximum absolute atomic E-state index is 14.2. The zero-order valence-corrected chi connectivity index (χ0v) is 15.3. The Kier molecular flexibility index (Phi) is 6.02. The van der Waals surface area contributed by atoms with Gasteiger partial charge in [-0.1, -0.05) is 17.7 Å². The fraction of sp³-hybridized carbons (Fsp3) is 0.176. The van der Waals surface area contributed by atoms with Crippen LogP contribution in [-0.4, -0.2) is 37.2 Å². The third-order valence-electron chi connectivity index (χ3n) is 3.57. The van der Waals surface area contributed by atoms with Crippen molar-refractivity contribution in [2.75, 3.05) is 25.3 Å². The molecule has 0 unspecified atom stereocenters. The van der Waals surface area contributed by atoms with Crippen LogP contribution in [0, 0.1) is 11.6 Å². The Balaban J connectivity index is 2.29. The van der Waals surface area contributed by atoms with E-state index in [1.807, 2.05) is 0 Å². The number of amides is 3. The highest BCUT2D eigenvalue weighted by molar-refractivity contribution is 7.98. The molecular weight excluding hydrogens is 370 g/mol. The Morgan fingerprint density at radius 1 is 1.08 bits per heavy atom. The lowest BCUT2D eigenvalue weighted by atomic mass is 10.2. The molecule has 0 saturated carbocycles. The quantitative estimate of drug-likeness (QED) is 0.722. The molecule has 0 saturated heterocycles. The van der Waals surface area contributed by atoms with Crippen LogP contribution in [0.15, 0.2) is 41.3 Å². The van der Waals surface area contributed by atoms with E-state index in [4.69, 9.17) is 11.6 Å². The summed E-state index contributed by atoms with van der Waals surface area (Å²) in [6.45, 7) is 0. The van der Waals surface area contributed by atoms with E-state index in [2.05, 4.69) is 0 Å². The van der Waals surface area contributed by atoms with Gasteiger partial charge in [-0.05, 0) is 36.6 Å². The number of carbonyl (C=O) groups excluding carboxylic acids is 2. The molecule has 2 aromatic carbocycles. The number of carbonyl (C=O) groups is 2. The third-order valence-corrected chi connectivity index (χ3v) is 4.61. The summed E-state index contributed by atoms with van der Waals surface area (Å²) in [5.74, 6) is -2.36. The van der Waals surface area contributed by atoms with Gasteiger partial charge in [0.05, 0.1) is 16.3 Å². The van der Waals surface area contributed by atoms with Crippen molar-refractivity contribution in [3.8, 4) is 0 Å². The molecule has 3 amide bonds. The van der Waals surface area contributed by atoms with Crippen LogP contribution in [0.5, 0.6) is 0 Å². The summed E-state index contributed by atoms with van der Waals surface area (Å²) < 4.78 is 28.0. The summed E-state index contributed by atoms with van der Waals surface area (Å²) in [6, 6.07) is 7.34. The van der Waals surface area contributed by atoms with Gasteiger partial charge in [-0.25, -0.2) is 13.6 Å². The Morgan fingerprint density at radius 3 is 2.32 bits per heavy atom. The van der Waals surface area contributed by atoms with Gasteiger partial charge in [0.1, 0.15) is 11.6 Å². The number of halogens is 3. The number of rotatable bonds is 3. The molecule has 0 aliphatic heterocycles. The molecule has 0 radical (unpaired) electrons. The zero-order chi connectivity index (χ0) is 18.7. The smallest absolute Gasteiger partial charge is 0.294 e. The number of nitrogens with zero attached hydrogens (tertiary/aromatic N) is 2. The minimum Gasteiger partial charge on any atom is -0.294 e. The predicted octanol–water partition coefficient (Wildman–Crippen LogP) is 4.67. The summed E-state index contributed by atoms with van der Waals surface area (Å²) in [5.41, 5.74) is -0.409. The number of thioether (sulfide) groups is 1. The lowest BCUT2D eigenvalue weighted by molar-refractivity contribution is 0.0832. The van der Waals surface area contributed by atoms with E-state index in [-0.39, 0.29) is 10.7 Å². The molecule has 132 valence electrons. The molecule has 0 fully saturated rings. The van der Waals surface area contributed by atoms with E-state index >= 15 is 0 Å². The second-order valence-electron chi connectivity index (χ2n) is 5.12. The molecular formula is C17H15ClF2N2O2S. The summed E-state index contributed by atoms with van der Waals surface area (Å²) in [4.78, 5) is 27.3. The van der Waals surface area contributed by atoms with Crippen molar-refractivity contribution in [1.29, 1.82) is 0 Å². The van der Waals surface area contributed by atoms with Crippen molar-refractivity contribution in [1.82, 2.24) is 4.90 Å². The van der Waals surface area contributed by atoms with Gasteiger partial charge in [-0.3, -0.25) is 14.6 Å². The molecule has 0 aliphatic carbocycles. The maximum Gasteiger partial charge on any atom is 0.331 e. The molecule has 25 heavy (non-hydrogen) atoms. The standard InChI is InChI=1S/C17H15ClF2N2O2S/c1-21(14-8-7-10(25-3)9-13(14)20)17(24)22(2)16(23)15-11(18)5-4-6-12(15)19/h4-9H,1-3H3. The highest BCUT2D eigenvalue weighted by atomic mass is 35.5. The van der Waals surface area contributed by atoms with Crippen LogP contribution in [0.2, 0.25) is 5.02 Å². The molecule has 0 atom stereocenters. The summed E-state index contributed by atoms with van der Waals surface area (Å²) >= 11 is 7.21. The van der Waals surface area contributed by atoms with Gasteiger partial charge in [0, 0.05) is 19.0 Å². The number of hydrogen-bond acceptors (Lipinski definition) is 3. The first-order valence-electron chi connectivity index (χ1n) is 7.11. The second-order valence-corrected chi connectivity index (χ2v) is 6.41. The molecule has 0 aliphatic rings. The van der Waals surface area contributed by atoms with Crippen molar-refractivity contribution >= 4 is 41.0 Å². The summed E-state index contributed by atoms with van der Waals surface area (Å²) in [6.07, 6.45) is 1.80. The highest BCUT2D eigenvalue weighted by Gasteiger charge is 2.27. The first-order valence-corrected chi connectivity index (χ1v) is 8.71. The van der Waals surface area contributed by atoms with Crippen LogP contribution in [0.3, 0.4) is 0 Å². The van der Waals surface area contributed by atoms with Gasteiger partial charge in [0.2, 0.25) is 0 Å². The Morgan fingerprint density at radius 2 is 1.76 bits per heavy atom. The van der Waals surface area contributed by atoms with Crippen molar-refractivity contribution in [2.45, 2.75) is 4.90 Å². The van der Waals surface area contributed by atoms with E-state index in [9.17, 15) is 18.4 Å². The number of imide groups is 1. The average molecular weight is 385 g/mol.